The summed E-state index contributed by atoms with van der Waals surface area (Å²) >= 11 is 0. The lowest BCUT2D eigenvalue weighted by Crippen LogP contribution is -2.58. The summed E-state index contributed by atoms with van der Waals surface area (Å²) < 4.78 is 64.9. The van der Waals surface area contributed by atoms with Crippen LogP contribution in [0.4, 0.5) is 0 Å². The number of aryl methyl sites for hydroxylation is 3. The fourth-order valence-corrected chi connectivity index (χ4v) is 8.62. The van der Waals surface area contributed by atoms with Crippen LogP contribution in [0, 0.1) is 13.8 Å². The molecular formula is C38H52N6O11S2. The van der Waals surface area contributed by atoms with Crippen LogP contribution in [-0.2, 0) is 40.9 Å². The van der Waals surface area contributed by atoms with Crippen molar-refractivity contribution in [1.29, 1.82) is 0 Å². The van der Waals surface area contributed by atoms with Crippen molar-refractivity contribution in [3.63, 3.8) is 0 Å². The molecule has 2 aliphatic heterocycles. The largest absolute Gasteiger partial charge is 0.494 e. The zero-order valence-corrected chi connectivity index (χ0v) is 33.9. The van der Waals surface area contributed by atoms with Gasteiger partial charge in [-0.2, -0.15) is 13.1 Å². The molecule has 8 N–H and O–H groups in total. The molecule has 3 amide bonds. The van der Waals surface area contributed by atoms with E-state index < -0.39 is 62.7 Å². The quantitative estimate of drug-likeness (QED) is 0.0658. The van der Waals surface area contributed by atoms with Crippen molar-refractivity contribution >= 4 is 43.8 Å². The highest BCUT2D eigenvalue weighted by Crippen LogP contribution is 2.29. The fraction of sp³-hybridized carbons (Fsp3) is 0.474. The number of carbonyl (C=O) groups excluding carboxylic acids is 3. The molecule has 2 aromatic rings. The van der Waals surface area contributed by atoms with E-state index in [-0.39, 0.29) is 42.6 Å². The Morgan fingerprint density at radius 2 is 1.56 bits per heavy atom. The van der Waals surface area contributed by atoms with E-state index in [1.165, 1.54) is 31.6 Å². The molecule has 2 heterocycles. The predicted octanol–water partition coefficient (Wildman–Crippen LogP) is 1.58. The van der Waals surface area contributed by atoms with Gasteiger partial charge in [0.1, 0.15) is 17.5 Å². The van der Waals surface area contributed by atoms with Gasteiger partial charge in [-0.15, -0.1) is 0 Å². The first-order valence-corrected chi connectivity index (χ1v) is 21.7. The van der Waals surface area contributed by atoms with Crippen LogP contribution in [-0.4, -0.2) is 100 Å². The van der Waals surface area contributed by atoms with Crippen molar-refractivity contribution in [3.8, 4) is 5.75 Å². The van der Waals surface area contributed by atoms with Crippen LogP contribution in [0.5, 0.6) is 5.75 Å². The van der Waals surface area contributed by atoms with Crippen molar-refractivity contribution in [2.75, 3.05) is 38.5 Å². The van der Waals surface area contributed by atoms with Crippen molar-refractivity contribution < 1.29 is 50.4 Å². The predicted molar refractivity (Wildman–Crippen MR) is 211 cm³/mol. The molecule has 312 valence electrons. The number of aliphatic carboxylic acids is 1. The number of dihydropyridines is 1. The third-order valence-electron chi connectivity index (χ3n) is 9.48. The molecule has 0 saturated carbocycles. The lowest BCUT2D eigenvalue weighted by molar-refractivity contribution is -0.138. The number of benzene rings is 2. The number of rotatable bonds is 21. The maximum atomic E-state index is 13.4. The summed E-state index contributed by atoms with van der Waals surface area (Å²) in [5.74, 6) is -3.28. The smallest absolute Gasteiger partial charge is 0.323 e. The van der Waals surface area contributed by atoms with Gasteiger partial charge in [0.2, 0.25) is 21.8 Å². The summed E-state index contributed by atoms with van der Waals surface area (Å²) in [5, 5.41) is 24.5. The van der Waals surface area contributed by atoms with Crippen molar-refractivity contribution in [3.05, 3.63) is 82.1 Å². The average molecular weight is 833 g/mol. The fourth-order valence-electron chi connectivity index (χ4n) is 6.53. The molecule has 2 unspecified atom stereocenters. The second kappa shape index (κ2) is 20.0. The van der Waals surface area contributed by atoms with E-state index in [0.29, 0.717) is 28.9 Å². The molecule has 57 heavy (non-hydrogen) atoms. The Bertz CT molecular complexity index is 2060. The van der Waals surface area contributed by atoms with Gasteiger partial charge in [-0.1, -0.05) is 18.2 Å². The maximum Gasteiger partial charge on any atom is 0.323 e. The molecule has 4 rings (SSSR count). The Kier molecular flexibility index (Phi) is 15.8. The topological polar surface area (TPSA) is 258 Å². The molecule has 1 fully saturated rings. The van der Waals surface area contributed by atoms with E-state index >= 15 is 0 Å². The number of fused-ring (bicyclic) bond motifs is 1. The summed E-state index contributed by atoms with van der Waals surface area (Å²) in [7, 11) is -8.60. The first-order valence-electron chi connectivity index (χ1n) is 18.6. The Hall–Kier alpha value is -4.82. The number of nitrogens with one attached hydrogen (secondary N) is 6. The highest BCUT2D eigenvalue weighted by Gasteiger charge is 2.33. The number of piperidine rings is 1. The number of sulfonamides is 1. The number of carboxylic acids is 1. The minimum atomic E-state index is -4.36. The van der Waals surface area contributed by atoms with Gasteiger partial charge in [0.15, 0.2) is 0 Å². The number of hydrogen-bond donors (Lipinski definition) is 8. The lowest BCUT2D eigenvalue weighted by atomic mass is 9.89. The molecule has 0 radical (unpaired) electrons. The Balaban J connectivity index is 1.21. The number of ether oxygens (including phenoxy) is 1. The summed E-state index contributed by atoms with van der Waals surface area (Å²) in [6, 6.07) is 8.27. The minimum Gasteiger partial charge on any atom is -0.494 e. The Morgan fingerprint density at radius 3 is 2.19 bits per heavy atom. The van der Waals surface area contributed by atoms with Gasteiger partial charge in [-0.25, -0.2) is 8.42 Å². The molecular weight excluding hydrogens is 781 g/mol. The van der Waals surface area contributed by atoms with Gasteiger partial charge < -0.3 is 31.1 Å². The average Bonchev–Trinajstić information content (AvgIpc) is 3.14. The van der Waals surface area contributed by atoms with Gasteiger partial charge in [0, 0.05) is 43.7 Å². The SMILES string of the molecule is Cc1cc(OCCCC(=O)NCCNC(=O)CCS(=O)(=O)O)cc(C)c1S(=O)(=O)NC(CNC(=O)c1ccc(CCC2=CC=C3CCCNC3(C)N2)cc1)C(=O)O. The second-order valence-corrected chi connectivity index (χ2v) is 17.4. The molecule has 19 heteroatoms. The van der Waals surface area contributed by atoms with Crippen molar-refractivity contribution in [1.82, 2.24) is 31.3 Å². The number of allylic oxidation sites excluding steroid dienone is 3. The van der Waals surface area contributed by atoms with Gasteiger partial charge in [-0.3, -0.25) is 29.0 Å². The molecule has 0 spiro atoms. The Labute approximate surface area is 333 Å². The molecule has 2 aliphatic rings. The van der Waals surface area contributed by atoms with E-state index in [9.17, 15) is 41.1 Å². The van der Waals surface area contributed by atoms with E-state index in [0.717, 1.165) is 43.5 Å². The summed E-state index contributed by atoms with van der Waals surface area (Å²) in [6.07, 6.45) is 8.00. The van der Waals surface area contributed by atoms with E-state index in [2.05, 4.69) is 50.4 Å². The highest BCUT2D eigenvalue weighted by molar-refractivity contribution is 7.89. The van der Waals surface area contributed by atoms with Gasteiger partial charge in [0.25, 0.3) is 16.0 Å². The minimum absolute atomic E-state index is 0.0699. The van der Waals surface area contributed by atoms with E-state index in [1.807, 2.05) is 12.1 Å². The number of carboxylic acid groups (broad SMARTS) is 1. The molecule has 0 bridgehead atoms. The molecule has 1 saturated heterocycles. The maximum absolute atomic E-state index is 13.4. The van der Waals surface area contributed by atoms with Crippen molar-refractivity contribution in [2.45, 2.75) is 82.3 Å². The van der Waals surface area contributed by atoms with Crippen LogP contribution in [0.1, 0.15) is 72.5 Å². The number of amides is 3. The standard InChI is InChI=1S/C38H52N6O11S2/c1-25-22-31(55-20-5-7-33(45)39-18-19-40-34(46)16-21-56(50,51)52)23-26(2)35(25)57(53,54)44-32(37(48)49)24-41-36(47)28-11-8-27(9-12-28)10-14-30-15-13-29-6-4-17-42-38(29,3)43-30/h8-9,11-13,15,22-23,32,42-44H,4-7,10,14,16-21,24H2,1-3H3,(H,39,45)(H,40,46)(H,41,47)(H,48,49)(H,50,51,52). The normalized spacial score (nSPS) is 17.2. The van der Waals surface area contributed by atoms with Crippen LogP contribution in [0.3, 0.4) is 0 Å². The third-order valence-corrected chi connectivity index (χ3v) is 12.0. The van der Waals surface area contributed by atoms with Crippen molar-refractivity contribution in [2.24, 2.45) is 0 Å². The van der Waals surface area contributed by atoms with Crippen LogP contribution >= 0.6 is 0 Å². The van der Waals surface area contributed by atoms with E-state index in [1.54, 1.807) is 12.1 Å². The van der Waals surface area contributed by atoms with E-state index in [4.69, 9.17) is 9.29 Å². The molecule has 0 aliphatic carbocycles. The van der Waals surface area contributed by atoms with Crippen LogP contribution in [0.2, 0.25) is 0 Å². The first-order chi connectivity index (χ1) is 26.8. The van der Waals surface area contributed by atoms with Gasteiger partial charge in [0.05, 0.1) is 17.3 Å². The molecule has 2 aromatic carbocycles. The number of hydrogen-bond acceptors (Lipinski definition) is 11. The van der Waals surface area contributed by atoms with Crippen LogP contribution in [0.25, 0.3) is 0 Å². The first kappa shape index (κ1) is 44.9. The Morgan fingerprint density at radius 1 is 0.912 bits per heavy atom. The second-order valence-electron chi connectivity index (χ2n) is 14.2. The summed E-state index contributed by atoms with van der Waals surface area (Å²) in [4.78, 5) is 48.5. The van der Waals surface area contributed by atoms with Crippen LogP contribution < -0.4 is 36.0 Å². The molecule has 17 nitrogen and oxygen atoms in total. The van der Waals surface area contributed by atoms with Crippen LogP contribution in [0.15, 0.2) is 64.7 Å². The van der Waals surface area contributed by atoms with Gasteiger partial charge in [-0.05, 0) is 112 Å². The zero-order chi connectivity index (χ0) is 41.8. The van der Waals surface area contributed by atoms with Gasteiger partial charge >= 0.3 is 5.97 Å². The third kappa shape index (κ3) is 14.0. The number of carbonyl (C=O) groups is 4. The summed E-state index contributed by atoms with van der Waals surface area (Å²) in [6.45, 7) is 5.97. The molecule has 2 atom stereocenters. The lowest BCUT2D eigenvalue weighted by Gasteiger charge is -2.42. The molecule has 0 aromatic heterocycles. The zero-order valence-electron chi connectivity index (χ0n) is 32.3. The summed E-state index contributed by atoms with van der Waals surface area (Å²) in [5.41, 5.74) is 4.13. The highest BCUT2D eigenvalue weighted by atomic mass is 32.2. The monoisotopic (exact) mass is 832 g/mol.